The van der Waals surface area contributed by atoms with Crippen molar-refractivity contribution in [2.24, 2.45) is 0 Å². The molecule has 0 saturated heterocycles. The minimum Gasteiger partial charge on any atom is -0.444 e. The smallest absolute Gasteiger partial charge is 0.410 e. The van der Waals surface area contributed by atoms with Crippen molar-refractivity contribution in [3.8, 4) is 17.2 Å². The number of benzene rings is 2. The fourth-order valence-corrected chi connectivity index (χ4v) is 3.55. The second-order valence-electron chi connectivity index (χ2n) is 8.52. The number of hydrogen-bond acceptors (Lipinski definition) is 4. The van der Waals surface area contributed by atoms with E-state index >= 15 is 0 Å². The number of nitrogens with zero attached hydrogens (tertiary/aromatic N) is 3. The van der Waals surface area contributed by atoms with Crippen LogP contribution < -0.4 is 0 Å². The molecule has 0 unspecified atom stereocenters. The second-order valence-corrected chi connectivity index (χ2v) is 8.93. The zero-order chi connectivity index (χ0) is 23.1. The first-order valence-electron chi connectivity index (χ1n) is 10.5. The molecule has 0 fully saturated rings. The zero-order valence-electron chi connectivity index (χ0n) is 18.6. The molecule has 1 amide bonds. The van der Waals surface area contributed by atoms with Gasteiger partial charge in [0.15, 0.2) is 0 Å². The van der Waals surface area contributed by atoms with Crippen molar-refractivity contribution in [2.75, 3.05) is 6.54 Å². The highest BCUT2D eigenvalue weighted by Crippen LogP contribution is 2.29. The molecule has 32 heavy (non-hydrogen) atoms. The molecule has 0 bridgehead atoms. The Bertz CT molecular complexity index is 1100. The molecule has 2 aromatic carbocycles. The molecule has 0 radical (unpaired) electrons. The summed E-state index contributed by atoms with van der Waals surface area (Å²) >= 11 is 6.56. The highest BCUT2D eigenvalue weighted by molar-refractivity contribution is 6.33. The molecule has 0 aliphatic heterocycles. The largest absolute Gasteiger partial charge is 0.444 e. The molecule has 0 aliphatic rings. The second kappa shape index (κ2) is 10.3. The van der Waals surface area contributed by atoms with Gasteiger partial charge in [-0.2, -0.15) is 5.26 Å². The predicted molar refractivity (Wildman–Crippen MR) is 125 cm³/mol. The Morgan fingerprint density at radius 2 is 1.97 bits per heavy atom. The number of nitriles is 1. The molecule has 166 valence electrons. The van der Waals surface area contributed by atoms with Crippen LogP contribution in [0.5, 0.6) is 0 Å². The van der Waals surface area contributed by atoms with Gasteiger partial charge in [0, 0.05) is 42.0 Å². The fraction of sp³-hybridized carbons (Fsp3) is 0.320. The molecular weight excluding hydrogens is 424 g/mol. The lowest BCUT2D eigenvalue weighted by Crippen LogP contribution is -2.37. The number of hydrogen-bond donors (Lipinski definition) is 1. The lowest BCUT2D eigenvalue weighted by Gasteiger charge is -2.27. The lowest BCUT2D eigenvalue weighted by atomic mass is 10.0. The van der Waals surface area contributed by atoms with E-state index in [1.165, 1.54) is 0 Å². The van der Waals surface area contributed by atoms with Gasteiger partial charge in [0.25, 0.3) is 0 Å². The third-order valence-electron chi connectivity index (χ3n) is 4.71. The molecule has 1 heterocycles. The van der Waals surface area contributed by atoms with Gasteiger partial charge in [0.1, 0.15) is 11.4 Å². The quantitative estimate of drug-likeness (QED) is 0.494. The van der Waals surface area contributed by atoms with Gasteiger partial charge >= 0.3 is 6.09 Å². The zero-order valence-corrected chi connectivity index (χ0v) is 19.3. The van der Waals surface area contributed by atoms with Crippen LogP contribution in [0.1, 0.15) is 37.9 Å². The Morgan fingerprint density at radius 3 is 2.62 bits per heavy atom. The number of nitrogens with one attached hydrogen (secondary N) is 1. The molecule has 0 saturated carbocycles. The van der Waals surface area contributed by atoms with E-state index in [1.807, 2.05) is 69.3 Å². The molecular formula is C25H27ClN4O2. The fourth-order valence-electron chi connectivity index (χ4n) is 3.24. The van der Waals surface area contributed by atoms with Crippen LogP contribution in [0.3, 0.4) is 0 Å². The number of amides is 1. The molecule has 7 heteroatoms. The predicted octanol–water partition coefficient (Wildman–Crippen LogP) is 5.78. The monoisotopic (exact) mass is 450 g/mol. The Balaban J connectivity index is 1.76. The van der Waals surface area contributed by atoms with Gasteiger partial charge < -0.3 is 14.6 Å². The summed E-state index contributed by atoms with van der Waals surface area (Å²) < 4.78 is 5.61. The van der Waals surface area contributed by atoms with Gasteiger partial charge in [-0.05, 0) is 38.0 Å². The van der Waals surface area contributed by atoms with Crippen molar-refractivity contribution in [3.63, 3.8) is 0 Å². The first-order chi connectivity index (χ1) is 15.2. The number of carbonyl (C=O) groups excluding carboxylic acids is 1. The number of carbonyl (C=O) groups is 1. The van der Waals surface area contributed by atoms with Crippen molar-refractivity contribution in [1.82, 2.24) is 14.9 Å². The topological polar surface area (TPSA) is 82.0 Å². The molecule has 0 aliphatic carbocycles. The molecule has 1 aromatic heterocycles. The summed E-state index contributed by atoms with van der Waals surface area (Å²) in [5.41, 5.74) is 3.05. The summed E-state index contributed by atoms with van der Waals surface area (Å²) in [6, 6.07) is 17.9. The Labute approximate surface area is 193 Å². The van der Waals surface area contributed by atoms with E-state index < -0.39 is 11.7 Å². The maximum atomic E-state index is 12.9. The van der Waals surface area contributed by atoms with Crippen LogP contribution in [-0.2, 0) is 24.1 Å². The average molecular weight is 451 g/mol. The Hall–Kier alpha value is -3.30. The highest BCUT2D eigenvalue weighted by atomic mass is 35.5. The number of rotatable bonds is 7. The van der Waals surface area contributed by atoms with Crippen LogP contribution in [0.15, 0.2) is 54.7 Å². The Morgan fingerprint density at radius 1 is 1.22 bits per heavy atom. The summed E-state index contributed by atoms with van der Waals surface area (Å²) in [6.45, 7) is 6.29. The van der Waals surface area contributed by atoms with E-state index in [9.17, 15) is 4.79 Å². The van der Waals surface area contributed by atoms with Crippen molar-refractivity contribution in [3.05, 3.63) is 76.8 Å². The van der Waals surface area contributed by atoms with Crippen LogP contribution >= 0.6 is 11.6 Å². The minimum absolute atomic E-state index is 0.273. The number of halogens is 1. The summed E-state index contributed by atoms with van der Waals surface area (Å²) in [7, 11) is 0. The van der Waals surface area contributed by atoms with E-state index in [2.05, 4.69) is 16.0 Å². The normalized spacial score (nSPS) is 11.1. The number of ether oxygens (including phenoxy) is 1. The van der Waals surface area contributed by atoms with E-state index in [-0.39, 0.29) is 6.42 Å². The van der Waals surface area contributed by atoms with Crippen LogP contribution in [-0.4, -0.2) is 33.1 Å². The average Bonchev–Trinajstić information content (AvgIpc) is 3.18. The van der Waals surface area contributed by atoms with Gasteiger partial charge in [-0.25, -0.2) is 9.78 Å². The lowest BCUT2D eigenvalue weighted by molar-refractivity contribution is 0.0235. The van der Waals surface area contributed by atoms with E-state index in [4.69, 9.17) is 21.6 Å². The molecule has 1 N–H and O–H groups in total. The number of aromatic amines is 1. The third kappa shape index (κ3) is 6.60. The summed E-state index contributed by atoms with van der Waals surface area (Å²) in [5, 5.41) is 9.46. The molecule has 0 spiro atoms. The highest BCUT2D eigenvalue weighted by Gasteiger charge is 2.23. The molecule has 3 rings (SSSR count). The van der Waals surface area contributed by atoms with Gasteiger partial charge in [-0.15, -0.1) is 0 Å². The molecule has 0 atom stereocenters. The minimum atomic E-state index is -0.602. The van der Waals surface area contributed by atoms with E-state index in [1.54, 1.807) is 11.1 Å². The van der Waals surface area contributed by atoms with Gasteiger partial charge in [-0.1, -0.05) is 54.1 Å². The maximum absolute atomic E-state index is 12.9. The summed E-state index contributed by atoms with van der Waals surface area (Å²) in [6.07, 6.45) is 2.04. The van der Waals surface area contributed by atoms with E-state index in [0.29, 0.717) is 24.5 Å². The maximum Gasteiger partial charge on any atom is 0.410 e. The van der Waals surface area contributed by atoms with Crippen molar-refractivity contribution >= 4 is 17.7 Å². The third-order valence-corrected chi connectivity index (χ3v) is 5.03. The first kappa shape index (κ1) is 23.4. The number of H-pyrrole nitrogens is 1. The van der Waals surface area contributed by atoms with Crippen molar-refractivity contribution < 1.29 is 9.53 Å². The van der Waals surface area contributed by atoms with Crippen LogP contribution in [0, 0.1) is 11.3 Å². The van der Waals surface area contributed by atoms with Crippen LogP contribution in [0.2, 0.25) is 5.02 Å². The van der Waals surface area contributed by atoms with Gasteiger partial charge in [-0.3, -0.25) is 0 Å². The SMILES string of the molecule is CC(C)(C)OC(=O)N(CCc1ncc(CC#N)[nH]1)Cc1ccc(-c2ccccc2)c(Cl)c1. The first-order valence-corrected chi connectivity index (χ1v) is 10.8. The molecule has 3 aromatic rings. The van der Waals surface area contributed by atoms with E-state index in [0.717, 1.165) is 28.2 Å². The molecule has 6 nitrogen and oxygen atoms in total. The van der Waals surface area contributed by atoms with Crippen LogP contribution in [0.25, 0.3) is 11.1 Å². The number of imidazole rings is 1. The van der Waals surface area contributed by atoms with Crippen molar-refractivity contribution in [1.29, 1.82) is 5.26 Å². The number of aromatic nitrogens is 2. The van der Waals surface area contributed by atoms with Gasteiger partial charge in [0.2, 0.25) is 0 Å². The van der Waals surface area contributed by atoms with Gasteiger partial charge in [0.05, 0.1) is 12.5 Å². The summed E-state index contributed by atoms with van der Waals surface area (Å²) in [4.78, 5) is 21.9. The van der Waals surface area contributed by atoms with Crippen LogP contribution in [0.4, 0.5) is 4.79 Å². The van der Waals surface area contributed by atoms with Crippen molar-refractivity contribution in [2.45, 2.75) is 45.8 Å². The standard InChI is InChI=1S/C25H27ClN4O2/c1-25(2,3)32-24(31)30(14-12-23-28-16-20(29-23)11-13-27)17-18-9-10-21(22(26)15-18)19-7-5-4-6-8-19/h4-10,15-16H,11-12,14,17H2,1-3H3,(H,28,29). The summed E-state index contributed by atoms with van der Waals surface area (Å²) in [5.74, 6) is 0.723. The Kier molecular flexibility index (Phi) is 7.55.